The summed E-state index contributed by atoms with van der Waals surface area (Å²) in [6, 6.07) is 0. The molecule has 0 atom stereocenters. The van der Waals surface area contributed by atoms with Crippen LogP contribution in [-0.2, 0) is 9.53 Å². The standard InChI is InChI=1S/C20H36O2/c1-3-5-6-7-8-9-10-11-12-13-14-15-16-17-18-19-20(21)22-4-2/h8-9,11-12H,3-7,10,13-19H2,1-2H3/b9-8-,12-11-/i1D3,3D2. The van der Waals surface area contributed by atoms with Crippen molar-refractivity contribution < 1.29 is 16.4 Å². The van der Waals surface area contributed by atoms with Crippen LogP contribution in [0, 0.1) is 0 Å². The second-order valence-electron chi connectivity index (χ2n) is 5.36. The summed E-state index contributed by atoms with van der Waals surface area (Å²) in [5.41, 5.74) is 0. The Bertz CT molecular complexity index is 442. The van der Waals surface area contributed by atoms with Gasteiger partial charge in [0.05, 0.1) is 6.61 Å². The fourth-order valence-corrected chi connectivity index (χ4v) is 2.11. The van der Waals surface area contributed by atoms with Gasteiger partial charge in [-0.2, -0.15) is 0 Å². The summed E-state index contributed by atoms with van der Waals surface area (Å²) in [5, 5.41) is 0. The van der Waals surface area contributed by atoms with Crippen LogP contribution in [-0.4, -0.2) is 12.6 Å². The SMILES string of the molecule is [2H]C([2H])([2H])C([2H])([2H])CCC/C=C\C/C=C\CCCCCCCC(=O)OCC. The first-order chi connectivity index (χ1) is 12.7. The third-order valence-electron chi connectivity index (χ3n) is 3.34. The van der Waals surface area contributed by atoms with Crippen LogP contribution >= 0.6 is 0 Å². The number of carbonyl (C=O) groups is 1. The lowest BCUT2D eigenvalue weighted by atomic mass is 10.1. The average Bonchev–Trinajstić information content (AvgIpc) is 2.57. The van der Waals surface area contributed by atoms with Crippen LogP contribution < -0.4 is 0 Å². The Hall–Kier alpha value is -1.05. The zero-order chi connectivity index (χ0) is 20.6. The van der Waals surface area contributed by atoms with E-state index in [1.165, 1.54) is 6.42 Å². The molecule has 0 rings (SSSR count). The molecule has 0 aromatic rings. The Morgan fingerprint density at radius 3 is 2.27 bits per heavy atom. The highest BCUT2D eigenvalue weighted by atomic mass is 16.5. The monoisotopic (exact) mass is 313 g/mol. The molecule has 22 heavy (non-hydrogen) atoms. The topological polar surface area (TPSA) is 26.3 Å². The summed E-state index contributed by atoms with van der Waals surface area (Å²) in [7, 11) is 0. The molecule has 0 aliphatic heterocycles. The molecule has 0 N–H and O–H groups in total. The lowest BCUT2D eigenvalue weighted by molar-refractivity contribution is -0.143. The van der Waals surface area contributed by atoms with Crippen LogP contribution in [0.4, 0.5) is 0 Å². The molecule has 0 radical (unpaired) electrons. The summed E-state index contributed by atoms with van der Waals surface area (Å²) < 4.78 is 41.4. The van der Waals surface area contributed by atoms with E-state index in [1.54, 1.807) is 0 Å². The molecule has 2 nitrogen and oxygen atoms in total. The third kappa shape index (κ3) is 17.0. The van der Waals surface area contributed by atoms with Gasteiger partial charge in [0.1, 0.15) is 0 Å². The van der Waals surface area contributed by atoms with Crippen molar-refractivity contribution in [3.8, 4) is 0 Å². The van der Waals surface area contributed by atoms with Gasteiger partial charge in [0.15, 0.2) is 0 Å². The molecule has 0 saturated heterocycles. The number of hydrogen-bond donors (Lipinski definition) is 0. The van der Waals surface area contributed by atoms with Gasteiger partial charge in [0.25, 0.3) is 0 Å². The molecular weight excluding hydrogens is 272 g/mol. The van der Waals surface area contributed by atoms with E-state index in [-0.39, 0.29) is 12.4 Å². The van der Waals surface area contributed by atoms with Gasteiger partial charge < -0.3 is 4.74 Å². The van der Waals surface area contributed by atoms with Crippen molar-refractivity contribution in [1.82, 2.24) is 0 Å². The Kier molecular flexibility index (Phi) is 11.0. The van der Waals surface area contributed by atoms with Crippen molar-refractivity contribution in [3.05, 3.63) is 24.3 Å². The third-order valence-corrected chi connectivity index (χ3v) is 3.34. The molecular formula is C20H36O2. The van der Waals surface area contributed by atoms with E-state index in [1.807, 2.05) is 19.1 Å². The van der Waals surface area contributed by atoms with E-state index in [0.717, 1.165) is 38.5 Å². The predicted molar refractivity (Wildman–Crippen MR) is 96.0 cm³/mol. The maximum absolute atomic E-state index is 11.2. The van der Waals surface area contributed by atoms with Gasteiger partial charge in [-0.3, -0.25) is 4.79 Å². The quantitative estimate of drug-likeness (QED) is 0.200. The lowest BCUT2D eigenvalue weighted by Gasteiger charge is -2.01. The number of hydrogen-bond acceptors (Lipinski definition) is 2. The minimum Gasteiger partial charge on any atom is -0.466 e. The van der Waals surface area contributed by atoms with Crippen LogP contribution in [0.3, 0.4) is 0 Å². The summed E-state index contributed by atoms with van der Waals surface area (Å²) in [6.45, 7) is -0.256. The molecule has 0 saturated carbocycles. The van der Waals surface area contributed by atoms with Gasteiger partial charge in [-0.15, -0.1) is 0 Å². The molecule has 0 fully saturated rings. The Labute approximate surface area is 145 Å². The first-order valence-electron chi connectivity index (χ1n) is 11.2. The highest BCUT2D eigenvalue weighted by Crippen LogP contribution is 2.08. The van der Waals surface area contributed by atoms with E-state index in [4.69, 9.17) is 11.6 Å². The number of carbonyl (C=O) groups excluding carboxylic acids is 1. The van der Waals surface area contributed by atoms with Crippen molar-refractivity contribution in [2.45, 2.75) is 90.8 Å². The fraction of sp³-hybridized carbons (Fsp3) is 0.750. The van der Waals surface area contributed by atoms with Gasteiger partial charge in [-0.1, -0.05) is 63.2 Å². The second kappa shape index (κ2) is 18.0. The van der Waals surface area contributed by atoms with Gasteiger partial charge in [0.2, 0.25) is 0 Å². The van der Waals surface area contributed by atoms with Gasteiger partial charge >= 0.3 is 5.97 Å². The minimum absolute atomic E-state index is 0.0590. The van der Waals surface area contributed by atoms with Crippen molar-refractivity contribution >= 4 is 5.97 Å². The molecule has 0 heterocycles. The first-order valence-corrected chi connectivity index (χ1v) is 8.66. The Morgan fingerprint density at radius 2 is 1.59 bits per heavy atom. The number of allylic oxidation sites excluding steroid dienone is 4. The van der Waals surface area contributed by atoms with Crippen LogP contribution in [0.5, 0.6) is 0 Å². The summed E-state index contributed by atoms with van der Waals surface area (Å²) in [4.78, 5) is 11.2. The Morgan fingerprint density at radius 1 is 0.955 bits per heavy atom. The maximum Gasteiger partial charge on any atom is 0.305 e. The fourth-order valence-electron chi connectivity index (χ4n) is 2.11. The number of ether oxygens (including phenoxy) is 1. The highest BCUT2D eigenvalue weighted by Gasteiger charge is 2.00. The van der Waals surface area contributed by atoms with E-state index in [0.29, 0.717) is 25.9 Å². The van der Waals surface area contributed by atoms with Crippen molar-refractivity contribution in [3.63, 3.8) is 0 Å². The molecule has 0 amide bonds. The molecule has 0 bridgehead atoms. The van der Waals surface area contributed by atoms with Gasteiger partial charge in [-0.05, 0) is 45.4 Å². The number of esters is 1. The maximum atomic E-state index is 11.2. The molecule has 0 aliphatic rings. The van der Waals surface area contributed by atoms with Crippen LogP contribution in [0.2, 0.25) is 0 Å². The second-order valence-corrected chi connectivity index (χ2v) is 5.36. The minimum atomic E-state index is -2.54. The van der Waals surface area contributed by atoms with Crippen LogP contribution in [0.15, 0.2) is 24.3 Å². The highest BCUT2D eigenvalue weighted by molar-refractivity contribution is 5.69. The predicted octanol–water partition coefficient (Wildman–Crippen LogP) is 6.36. The number of rotatable bonds is 15. The van der Waals surface area contributed by atoms with Crippen molar-refractivity contribution in [1.29, 1.82) is 0 Å². The zero-order valence-electron chi connectivity index (χ0n) is 19.1. The van der Waals surface area contributed by atoms with E-state index < -0.39 is 13.2 Å². The largest absolute Gasteiger partial charge is 0.466 e. The van der Waals surface area contributed by atoms with Crippen molar-refractivity contribution in [2.75, 3.05) is 6.61 Å². The van der Waals surface area contributed by atoms with E-state index in [9.17, 15) is 4.79 Å². The molecule has 0 spiro atoms. The summed E-state index contributed by atoms with van der Waals surface area (Å²) in [5.74, 6) is -0.0931. The van der Waals surface area contributed by atoms with Gasteiger partial charge in [0, 0.05) is 13.3 Å². The van der Waals surface area contributed by atoms with Crippen molar-refractivity contribution in [2.24, 2.45) is 0 Å². The normalized spacial score (nSPS) is 16.1. The lowest BCUT2D eigenvalue weighted by Crippen LogP contribution is -2.03. The molecule has 0 aromatic heterocycles. The molecule has 128 valence electrons. The first kappa shape index (κ1) is 13.4. The van der Waals surface area contributed by atoms with Crippen LogP contribution in [0.1, 0.15) is 97.6 Å². The molecule has 0 aliphatic carbocycles. The van der Waals surface area contributed by atoms with E-state index >= 15 is 0 Å². The summed E-state index contributed by atoms with van der Waals surface area (Å²) in [6.07, 6.45) is 15.4. The Balaban J connectivity index is 3.50. The zero-order valence-corrected chi connectivity index (χ0v) is 14.1. The van der Waals surface area contributed by atoms with Gasteiger partial charge in [-0.25, -0.2) is 0 Å². The van der Waals surface area contributed by atoms with Crippen LogP contribution in [0.25, 0.3) is 0 Å². The molecule has 0 aromatic carbocycles. The smallest absolute Gasteiger partial charge is 0.305 e. The number of unbranched alkanes of at least 4 members (excludes halogenated alkanes) is 6. The molecule has 0 unspecified atom stereocenters. The molecule has 2 heteroatoms. The average molecular weight is 314 g/mol. The van der Waals surface area contributed by atoms with E-state index in [2.05, 4.69) is 12.2 Å². The summed E-state index contributed by atoms with van der Waals surface area (Å²) >= 11 is 0.